The van der Waals surface area contributed by atoms with Gasteiger partial charge in [0.1, 0.15) is 0 Å². The number of esters is 2. The van der Waals surface area contributed by atoms with Gasteiger partial charge in [-0.05, 0) is 52.5 Å². The van der Waals surface area contributed by atoms with Gasteiger partial charge in [-0.15, -0.1) is 0 Å². The van der Waals surface area contributed by atoms with Crippen LogP contribution in [0.15, 0.2) is 24.3 Å². The standard InChI is InChI=1S/C32H37F5O8/c1-17-15-19-20(16-21(41-19)28(38)42-27-25(36)23(34)22(33)24(35)26(27)37)44-32(17)13-12-31(45-32)11-8-10-18(43-31)9-6-5-7-14-40-29(39)30(2,3)4/h6,8-9,11,17-21H,5,7,10,12-16H2,1-4H3/b9-6+/t17-,18+,19-,20-,21+,31-,32-/m0/s1. The summed E-state index contributed by atoms with van der Waals surface area (Å²) in [7, 11) is 0. The Kier molecular flexibility index (Phi) is 9.48. The minimum Gasteiger partial charge on any atom is -0.465 e. The third-order valence-electron chi connectivity index (χ3n) is 8.49. The van der Waals surface area contributed by atoms with E-state index in [9.17, 15) is 31.5 Å². The normalized spacial score (nSPS) is 32.9. The van der Waals surface area contributed by atoms with Gasteiger partial charge in [0.25, 0.3) is 0 Å². The van der Waals surface area contributed by atoms with Crippen LogP contribution in [0.25, 0.3) is 0 Å². The molecule has 4 heterocycles. The van der Waals surface area contributed by atoms with Gasteiger partial charge in [0.2, 0.25) is 34.8 Å². The van der Waals surface area contributed by atoms with E-state index in [0.717, 1.165) is 0 Å². The fourth-order valence-corrected chi connectivity index (χ4v) is 5.99. The van der Waals surface area contributed by atoms with E-state index in [1.807, 2.05) is 31.2 Å². The Balaban J connectivity index is 1.16. The quantitative estimate of drug-likeness (QED) is 0.0646. The van der Waals surface area contributed by atoms with Crippen LogP contribution in [-0.2, 0) is 33.3 Å². The Labute approximate surface area is 257 Å². The number of hydrogen-bond acceptors (Lipinski definition) is 8. The molecule has 0 N–H and O–H groups in total. The van der Waals surface area contributed by atoms with E-state index in [1.165, 1.54) is 0 Å². The van der Waals surface area contributed by atoms with Crippen LogP contribution in [0.4, 0.5) is 22.0 Å². The summed E-state index contributed by atoms with van der Waals surface area (Å²) in [4.78, 5) is 24.6. The first-order valence-corrected chi connectivity index (χ1v) is 15.1. The van der Waals surface area contributed by atoms with E-state index >= 15 is 0 Å². The molecule has 4 aliphatic heterocycles. The summed E-state index contributed by atoms with van der Waals surface area (Å²) < 4.78 is 104. The zero-order chi connectivity index (χ0) is 32.7. The number of allylic oxidation sites excluding steroid dienone is 1. The molecule has 1 aromatic carbocycles. The van der Waals surface area contributed by atoms with Gasteiger partial charge in [-0.2, -0.15) is 8.78 Å². The second kappa shape index (κ2) is 12.7. The number of carbonyl (C=O) groups excluding carboxylic acids is 2. The van der Waals surface area contributed by atoms with Crippen molar-refractivity contribution >= 4 is 11.9 Å². The van der Waals surface area contributed by atoms with Crippen molar-refractivity contribution in [2.45, 2.75) is 109 Å². The summed E-state index contributed by atoms with van der Waals surface area (Å²) in [6, 6.07) is 0. The molecule has 3 fully saturated rings. The molecule has 0 amide bonds. The van der Waals surface area contributed by atoms with Gasteiger partial charge in [0, 0.05) is 25.2 Å². The summed E-state index contributed by atoms with van der Waals surface area (Å²) in [5.41, 5.74) is -0.542. The van der Waals surface area contributed by atoms with Gasteiger partial charge in [-0.1, -0.05) is 25.2 Å². The maximum atomic E-state index is 14.1. The van der Waals surface area contributed by atoms with Crippen molar-refractivity contribution in [2.75, 3.05) is 6.61 Å². The third-order valence-corrected chi connectivity index (χ3v) is 8.49. The fraction of sp³-hybridized carbons (Fsp3) is 0.625. The largest absolute Gasteiger partial charge is 0.465 e. The zero-order valence-electron chi connectivity index (χ0n) is 25.5. The number of halogens is 5. The van der Waals surface area contributed by atoms with E-state index in [2.05, 4.69) is 4.74 Å². The number of ether oxygens (including phenoxy) is 6. The molecule has 13 heteroatoms. The van der Waals surface area contributed by atoms with E-state index in [0.29, 0.717) is 45.1 Å². The molecule has 0 saturated carbocycles. The maximum Gasteiger partial charge on any atom is 0.340 e. The third kappa shape index (κ3) is 6.81. The second-order valence-corrected chi connectivity index (χ2v) is 13.0. The van der Waals surface area contributed by atoms with Gasteiger partial charge >= 0.3 is 11.9 Å². The number of unbranched alkanes of at least 4 members (excludes halogenated alkanes) is 1. The van der Waals surface area contributed by atoms with Gasteiger partial charge < -0.3 is 28.4 Å². The van der Waals surface area contributed by atoms with Crippen LogP contribution >= 0.6 is 0 Å². The number of rotatable bonds is 7. The first-order chi connectivity index (χ1) is 21.1. The Hall–Kier alpha value is -2.87. The second-order valence-electron chi connectivity index (χ2n) is 13.0. The van der Waals surface area contributed by atoms with Crippen molar-refractivity contribution in [1.82, 2.24) is 0 Å². The average Bonchev–Trinajstić information content (AvgIpc) is 3.56. The van der Waals surface area contributed by atoms with Crippen molar-refractivity contribution in [3.05, 3.63) is 53.4 Å². The summed E-state index contributed by atoms with van der Waals surface area (Å²) in [6.45, 7) is 7.66. The van der Waals surface area contributed by atoms with Gasteiger partial charge in [0.15, 0.2) is 17.7 Å². The average molecular weight is 645 g/mol. The molecule has 0 bridgehead atoms. The topological polar surface area (TPSA) is 89.5 Å². The van der Waals surface area contributed by atoms with Crippen LogP contribution in [0.5, 0.6) is 5.75 Å². The molecule has 3 saturated heterocycles. The zero-order valence-corrected chi connectivity index (χ0v) is 25.5. The molecule has 1 aromatic rings. The monoisotopic (exact) mass is 644 g/mol. The van der Waals surface area contributed by atoms with Crippen LogP contribution < -0.4 is 4.74 Å². The lowest BCUT2D eigenvalue weighted by molar-refractivity contribution is -0.355. The molecule has 7 atom stereocenters. The predicted octanol–water partition coefficient (Wildman–Crippen LogP) is 6.34. The van der Waals surface area contributed by atoms with E-state index in [1.54, 1.807) is 20.8 Å². The smallest absolute Gasteiger partial charge is 0.340 e. The molecular weight excluding hydrogens is 607 g/mol. The molecule has 0 unspecified atom stereocenters. The highest BCUT2D eigenvalue weighted by molar-refractivity contribution is 5.78. The van der Waals surface area contributed by atoms with Crippen molar-refractivity contribution in [3.8, 4) is 5.75 Å². The summed E-state index contributed by atoms with van der Waals surface area (Å²) in [6.07, 6.45) is 8.33. The van der Waals surface area contributed by atoms with Crippen molar-refractivity contribution in [2.24, 2.45) is 11.3 Å². The van der Waals surface area contributed by atoms with Gasteiger partial charge in [-0.3, -0.25) is 4.79 Å². The lowest BCUT2D eigenvalue weighted by Gasteiger charge is -2.45. The number of carbonyl (C=O) groups is 2. The number of benzene rings is 1. The minimum atomic E-state index is -2.36. The lowest BCUT2D eigenvalue weighted by Crippen LogP contribution is -2.53. The minimum absolute atomic E-state index is 0.0726. The molecule has 248 valence electrons. The first-order valence-electron chi connectivity index (χ1n) is 15.1. The molecule has 8 nitrogen and oxygen atoms in total. The summed E-state index contributed by atoms with van der Waals surface area (Å²) in [5, 5.41) is 0. The van der Waals surface area contributed by atoms with Crippen LogP contribution in [0.3, 0.4) is 0 Å². The van der Waals surface area contributed by atoms with Crippen LogP contribution in [0, 0.1) is 40.4 Å². The molecule has 4 aliphatic rings. The van der Waals surface area contributed by atoms with Crippen LogP contribution in [0.2, 0.25) is 0 Å². The molecular formula is C32H37F5O8. The highest BCUT2D eigenvalue weighted by atomic mass is 19.2. The first kappa shape index (κ1) is 33.5. The van der Waals surface area contributed by atoms with E-state index < -0.39 is 76.1 Å². The Morgan fingerprint density at radius 1 is 0.978 bits per heavy atom. The summed E-state index contributed by atoms with van der Waals surface area (Å²) in [5.74, 6) is -16.8. The molecule has 45 heavy (non-hydrogen) atoms. The Bertz CT molecular complexity index is 1350. The number of fused-ring (bicyclic) bond motifs is 1. The molecule has 5 rings (SSSR count). The van der Waals surface area contributed by atoms with Gasteiger partial charge in [0.05, 0.1) is 30.3 Å². The SMILES string of the molecule is C[C@H]1C[C@@H]2O[C@@H](C(=O)Oc3c(F)c(F)c(F)c(F)c3F)C[C@@H]2O[C@]12CC[C@]1(C=CC[C@@H](/C=C/CCCOC(=O)C(C)(C)C)O1)O2. The highest BCUT2D eigenvalue weighted by Gasteiger charge is 2.60. The van der Waals surface area contributed by atoms with E-state index in [4.69, 9.17) is 23.7 Å². The van der Waals surface area contributed by atoms with Crippen molar-refractivity contribution < 1.29 is 60.0 Å². The lowest BCUT2D eigenvalue weighted by atomic mass is 9.86. The van der Waals surface area contributed by atoms with Crippen LogP contribution in [0.1, 0.15) is 72.6 Å². The molecule has 2 spiro atoms. The van der Waals surface area contributed by atoms with Gasteiger partial charge in [-0.25, -0.2) is 18.0 Å². The van der Waals surface area contributed by atoms with E-state index in [-0.39, 0.29) is 24.4 Å². The molecule has 0 radical (unpaired) electrons. The predicted molar refractivity (Wildman–Crippen MR) is 147 cm³/mol. The van der Waals surface area contributed by atoms with Crippen molar-refractivity contribution in [1.29, 1.82) is 0 Å². The molecule has 0 aliphatic carbocycles. The van der Waals surface area contributed by atoms with Crippen molar-refractivity contribution in [3.63, 3.8) is 0 Å². The van der Waals surface area contributed by atoms with Crippen LogP contribution in [-0.4, -0.2) is 54.5 Å². The maximum absolute atomic E-state index is 14.1. The Morgan fingerprint density at radius 3 is 2.36 bits per heavy atom. The molecule has 0 aromatic heterocycles. The fourth-order valence-electron chi connectivity index (χ4n) is 5.99. The Morgan fingerprint density at radius 2 is 1.67 bits per heavy atom. The highest BCUT2D eigenvalue weighted by Crippen LogP contribution is 2.52. The number of hydrogen-bond donors (Lipinski definition) is 0. The summed E-state index contributed by atoms with van der Waals surface area (Å²) >= 11 is 0.